The lowest BCUT2D eigenvalue weighted by atomic mass is 10.1. The Labute approximate surface area is 105 Å². The summed E-state index contributed by atoms with van der Waals surface area (Å²) in [5.41, 5.74) is 1.55. The maximum absolute atomic E-state index is 13.2. The SMILES string of the molecule is CNC(C)Cc1noc(-c2cc(F)ccc2C)n1. The Morgan fingerprint density at radius 1 is 1.44 bits per heavy atom. The molecule has 4 nitrogen and oxygen atoms in total. The molecule has 0 aliphatic heterocycles. The molecule has 1 aromatic heterocycles. The number of hydrogen-bond donors (Lipinski definition) is 1. The second-order valence-electron chi connectivity index (χ2n) is 4.37. The van der Waals surface area contributed by atoms with E-state index in [-0.39, 0.29) is 11.9 Å². The average Bonchev–Trinajstić information content (AvgIpc) is 2.80. The van der Waals surface area contributed by atoms with Gasteiger partial charge in [0.1, 0.15) is 5.82 Å². The molecular weight excluding hydrogens is 233 g/mol. The van der Waals surface area contributed by atoms with E-state index in [4.69, 9.17) is 4.52 Å². The van der Waals surface area contributed by atoms with E-state index in [1.165, 1.54) is 12.1 Å². The van der Waals surface area contributed by atoms with E-state index in [0.717, 1.165) is 5.56 Å². The summed E-state index contributed by atoms with van der Waals surface area (Å²) in [6.07, 6.45) is 0.675. The highest BCUT2D eigenvalue weighted by molar-refractivity contribution is 5.58. The molecule has 1 unspecified atom stereocenters. The van der Waals surface area contributed by atoms with Crippen molar-refractivity contribution in [1.82, 2.24) is 15.5 Å². The summed E-state index contributed by atoms with van der Waals surface area (Å²) < 4.78 is 18.4. The monoisotopic (exact) mass is 249 g/mol. The molecule has 0 fully saturated rings. The standard InChI is InChI=1S/C13H16FN3O/c1-8-4-5-10(14)7-11(8)13-16-12(17-18-13)6-9(2)15-3/h4-5,7,9,15H,6H2,1-3H3. The van der Waals surface area contributed by atoms with Gasteiger partial charge in [-0.1, -0.05) is 11.2 Å². The normalized spacial score (nSPS) is 12.7. The van der Waals surface area contributed by atoms with E-state index in [2.05, 4.69) is 15.5 Å². The van der Waals surface area contributed by atoms with Gasteiger partial charge in [0.05, 0.1) is 0 Å². The Morgan fingerprint density at radius 3 is 2.94 bits per heavy atom. The van der Waals surface area contributed by atoms with Crippen LogP contribution in [0.5, 0.6) is 0 Å². The van der Waals surface area contributed by atoms with Gasteiger partial charge in [-0.3, -0.25) is 0 Å². The van der Waals surface area contributed by atoms with Crippen molar-refractivity contribution in [2.24, 2.45) is 0 Å². The first-order valence-electron chi connectivity index (χ1n) is 5.86. The molecule has 1 aromatic carbocycles. The van der Waals surface area contributed by atoms with Gasteiger partial charge in [0, 0.05) is 18.0 Å². The molecule has 0 radical (unpaired) electrons. The molecule has 0 spiro atoms. The predicted octanol–water partition coefficient (Wildman–Crippen LogP) is 2.33. The van der Waals surface area contributed by atoms with E-state index >= 15 is 0 Å². The molecule has 0 aliphatic rings. The van der Waals surface area contributed by atoms with E-state index in [0.29, 0.717) is 23.7 Å². The molecule has 1 heterocycles. The molecule has 1 N–H and O–H groups in total. The number of nitrogens with zero attached hydrogens (tertiary/aromatic N) is 2. The molecule has 18 heavy (non-hydrogen) atoms. The fraction of sp³-hybridized carbons (Fsp3) is 0.385. The molecule has 96 valence electrons. The minimum Gasteiger partial charge on any atom is -0.334 e. The maximum Gasteiger partial charge on any atom is 0.258 e. The van der Waals surface area contributed by atoms with Crippen molar-refractivity contribution in [2.45, 2.75) is 26.3 Å². The number of aromatic nitrogens is 2. The number of halogens is 1. The van der Waals surface area contributed by atoms with E-state index in [1.54, 1.807) is 6.07 Å². The van der Waals surface area contributed by atoms with Crippen LogP contribution in [-0.2, 0) is 6.42 Å². The number of rotatable bonds is 4. The first-order chi connectivity index (χ1) is 8.60. The lowest BCUT2D eigenvalue weighted by Crippen LogP contribution is -2.24. The highest BCUT2D eigenvalue weighted by Gasteiger charge is 2.13. The maximum atomic E-state index is 13.2. The van der Waals surface area contributed by atoms with Crippen molar-refractivity contribution in [2.75, 3.05) is 7.05 Å². The lowest BCUT2D eigenvalue weighted by Gasteiger charge is -2.04. The van der Waals surface area contributed by atoms with Crippen molar-refractivity contribution < 1.29 is 8.91 Å². The Kier molecular flexibility index (Phi) is 3.72. The van der Waals surface area contributed by atoms with Crippen LogP contribution in [0.25, 0.3) is 11.5 Å². The Hall–Kier alpha value is -1.75. The smallest absolute Gasteiger partial charge is 0.258 e. The van der Waals surface area contributed by atoms with Gasteiger partial charge >= 0.3 is 0 Å². The summed E-state index contributed by atoms with van der Waals surface area (Å²) in [5, 5.41) is 7.00. The molecule has 2 aromatic rings. The first-order valence-corrected chi connectivity index (χ1v) is 5.86. The predicted molar refractivity (Wildman–Crippen MR) is 66.7 cm³/mol. The number of benzene rings is 1. The fourth-order valence-electron chi connectivity index (χ4n) is 1.65. The summed E-state index contributed by atoms with van der Waals surface area (Å²) >= 11 is 0. The summed E-state index contributed by atoms with van der Waals surface area (Å²) in [5.74, 6) is 0.680. The minimum absolute atomic E-state index is 0.268. The van der Waals surface area contributed by atoms with Gasteiger partial charge in [0.2, 0.25) is 0 Å². The highest BCUT2D eigenvalue weighted by atomic mass is 19.1. The number of hydrogen-bond acceptors (Lipinski definition) is 4. The average molecular weight is 249 g/mol. The van der Waals surface area contributed by atoms with E-state index < -0.39 is 0 Å². The molecular formula is C13H16FN3O. The van der Waals surface area contributed by atoms with E-state index in [1.807, 2.05) is 20.9 Å². The highest BCUT2D eigenvalue weighted by Crippen LogP contribution is 2.22. The third-order valence-electron chi connectivity index (χ3n) is 2.88. The summed E-state index contributed by atoms with van der Waals surface area (Å²) in [6, 6.07) is 4.79. The van der Waals surface area contributed by atoms with Crippen LogP contribution in [0.2, 0.25) is 0 Å². The third kappa shape index (κ3) is 2.73. The van der Waals surface area contributed by atoms with Crippen molar-refractivity contribution in [3.8, 4) is 11.5 Å². The van der Waals surface area contributed by atoms with Crippen LogP contribution in [0.4, 0.5) is 4.39 Å². The van der Waals surface area contributed by atoms with E-state index in [9.17, 15) is 4.39 Å². The molecule has 0 bridgehead atoms. The topological polar surface area (TPSA) is 51.0 Å². The minimum atomic E-state index is -0.307. The molecule has 1 atom stereocenters. The summed E-state index contributed by atoms with van der Waals surface area (Å²) in [7, 11) is 1.88. The van der Waals surface area contributed by atoms with Gasteiger partial charge in [0.25, 0.3) is 5.89 Å². The molecule has 5 heteroatoms. The molecule has 0 amide bonds. The van der Waals surface area contributed by atoms with Crippen LogP contribution in [0.3, 0.4) is 0 Å². The number of aryl methyl sites for hydroxylation is 1. The Morgan fingerprint density at radius 2 is 2.22 bits per heavy atom. The van der Waals surface area contributed by atoms with Crippen LogP contribution in [0, 0.1) is 12.7 Å². The molecule has 0 saturated carbocycles. The van der Waals surface area contributed by atoms with Gasteiger partial charge in [-0.2, -0.15) is 4.98 Å². The third-order valence-corrected chi connectivity index (χ3v) is 2.88. The van der Waals surface area contributed by atoms with Gasteiger partial charge in [-0.25, -0.2) is 4.39 Å². The molecule has 0 aliphatic carbocycles. The zero-order chi connectivity index (χ0) is 13.1. The lowest BCUT2D eigenvalue weighted by molar-refractivity contribution is 0.417. The second kappa shape index (κ2) is 5.27. The van der Waals surface area contributed by atoms with Crippen molar-refractivity contribution >= 4 is 0 Å². The fourth-order valence-corrected chi connectivity index (χ4v) is 1.65. The summed E-state index contributed by atoms with van der Waals surface area (Å²) in [4.78, 5) is 4.29. The van der Waals surface area contributed by atoms with Crippen LogP contribution < -0.4 is 5.32 Å². The number of nitrogens with one attached hydrogen (secondary N) is 1. The largest absolute Gasteiger partial charge is 0.334 e. The van der Waals surface area contributed by atoms with Gasteiger partial charge in [-0.05, 0) is 38.6 Å². The van der Waals surface area contributed by atoms with Crippen LogP contribution >= 0.6 is 0 Å². The Balaban J connectivity index is 2.26. The van der Waals surface area contributed by atoms with Crippen LogP contribution in [0.1, 0.15) is 18.3 Å². The van der Waals surface area contributed by atoms with Crippen molar-refractivity contribution in [3.63, 3.8) is 0 Å². The second-order valence-corrected chi connectivity index (χ2v) is 4.37. The van der Waals surface area contributed by atoms with Crippen molar-refractivity contribution in [3.05, 3.63) is 35.4 Å². The van der Waals surface area contributed by atoms with Crippen molar-refractivity contribution in [1.29, 1.82) is 0 Å². The number of likely N-dealkylation sites (N-methyl/N-ethyl adjacent to an activating group) is 1. The van der Waals surface area contributed by atoms with Crippen LogP contribution in [0.15, 0.2) is 22.7 Å². The Bertz CT molecular complexity index is 539. The first kappa shape index (κ1) is 12.7. The van der Waals surface area contributed by atoms with Gasteiger partial charge < -0.3 is 9.84 Å². The summed E-state index contributed by atoms with van der Waals surface area (Å²) in [6.45, 7) is 3.92. The van der Waals surface area contributed by atoms with Gasteiger partial charge in [-0.15, -0.1) is 0 Å². The molecule has 0 saturated heterocycles. The zero-order valence-electron chi connectivity index (χ0n) is 10.7. The molecule has 2 rings (SSSR count). The quantitative estimate of drug-likeness (QED) is 0.903. The van der Waals surface area contributed by atoms with Gasteiger partial charge in [0.15, 0.2) is 5.82 Å². The van der Waals surface area contributed by atoms with Crippen LogP contribution in [-0.4, -0.2) is 23.2 Å². The zero-order valence-corrected chi connectivity index (χ0v) is 10.7.